The third-order valence-corrected chi connectivity index (χ3v) is 9.06. The summed E-state index contributed by atoms with van der Waals surface area (Å²) in [6.45, 7) is 9.50. The Hall–Kier alpha value is -3.20. The Labute approximate surface area is 229 Å². The van der Waals surface area contributed by atoms with E-state index in [2.05, 4.69) is 62.7 Å². The first-order valence-corrected chi connectivity index (χ1v) is 14.1. The monoisotopic (exact) mass is 527 g/mol. The van der Waals surface area contributed by atoms with Crippen molar-refractivity contribution < 1.29 is 14.2 Å². The van der Waals surface area contributed by atoms with E-state index in [1.165, 1.54) is 31.5 Å². The molecule has 8 heteroatoms. The molecule has 3 fully saturated rings. The fourth-order valence-electron chi connectivity index (χ4n) is 6.43. The van der Waals surface area contributed by atoms with Gasteiger partial charge in [0.2, 0.25) is 0 Å². The first-order valence-electron chi connectivity index (χ1n) is 14.1. The zero-order valence-electron chi connectivity index (χ0n) is 22.9. The van der Waals surface area contributed by atoms with Crippen LogP contribution < -0.4 is 9.64 Å². The van der Waals surface area contributed by atoms with Gasteiger partial charge in [-0.25, -0.2) is 9.97 Å². The van der Waals surface area contributed by atoms with Crippen LogP contribution >= 0.6 is 0 Å². The molecule has 2 aromatic carbocycles. The Morgan fingerprint density at radius 2 is 1.85 bits per heavy atom. The van der Waals surface area contributed by atoms with E-state index in [1.54, 1.807) is 7.11 Å². The van der Waals surface area contributed by atoms with Crippen LogP contribution in [0, 0.1) is 5.41 Å². The quantitative estimate of drug-likeness (QED) is 0.330. The maximum Gasteiger partial charge on any atom is 0.139 e. The molecule has 0 amide bonds. The van der Waals surface area contributed by atoms with Gasteiger partial charge in [-0.1, -0.05) is 19.1 Å². The number of imidazole rings is 1. The highest BCUT2D eigenvalue weighted by molar-refractivity contribution is 5.92. The lowest BCUT2D eigenvalue weighted by Gasteiger charge is -2.57. The predicted molar refractivity (Wildman–Crippen MR) is 153 cm³/mol. The summed E-state index contributed by atoms with van der Waals surface area (Å²) in [6, 6.07) is 16.9. The van der Waals surface area contributed by atoms with Crippen LogP contribution in [0.25, 0.3) is 27.8 Å². The molecule has 0 N–H and O–H groups in total. The van der Waals surface area contributed by atoms with Crippen molar-refractivity contribution >= 4 is 27.6 Å². The van der Waals surface area contributed by atoms with E-state index in [-0.39, 0.29) is 5.41 Å². The standard InChI is InChI=1S/C31H37N5O3/c1-30(19-38-20-30)21-39-24-7-8-26-25(18-24)32-22-36(26)28-9-6-23-4-3-5-27(29(23)33-28)34-13-10-31(11-14-34)12-15-35(31)16-17-37-2/h3-9,18,22H,10-17,19-21H2,1-2H3. The molecule has 0 atom stereocenters. The fraction of sp³-hybridized carbons (Fsp3) is 0.484. The number of rotatable bonds is 8. The largest absolute Gasteiger partial charge is 0.493 e. The Kier molecular flexibility index (Phi) is 6.21. The number of methoxy groups -OCH3 is 1. The molecule has 3 aliphatic heterocycles. The topological polar surface area (TPSA) is 64.9 Å². The number of para-hydroxylation sites is 1. The Morgan fingerprint density at radius 3 is 2.59 bits per heavy atom. The molecular weight excluding hydrogens is 490 g/mol. The van der Waals surface area contributed by atoms with Crippen LogP contribution in [-0.4, -0.2) is 84.7 Å². The highest BCUT2D eigenvalue weighted by Gasteiger charge is 2.46. The SMILES string of the molecule is COCCN1CCC12CCN(c1cccc3ccc(-n4cnc5cc(OCC6(C)COC6)ccc54)nc13)CC2. The van der Waals surface area contributed by atoms with Gasteiger partial charge in [-0.15, -0.1) is 0 Å². The maximum absolute atomic E-state index is 6.07. The Bertz CT molecular complexity index is 1490. The van der Waals surface area contributed by atoms with E-state index in [4.69, 9.17) is 19.2 Å². The summed E-state index contributed by atoms with van der Waals surface area (Å²) in [5.41, 5.74) is 4.66. The number of benzene rings is 2. The van der Waals surface area contributed by atoms with Crippen molar-refractivity contribution in [3.05, 3.63) is 54.9 Å². The van der Waals surface area contributed by atoms with Crippen molar-refractivity contribution in [2.24, 2.45) is 5.41 Å². The molecule has 4 aromatic rings. The smallest absolute Gasteiger partial charge is 0.139 e. The second-order valence-electron chi connectivity index (χ2n) is 11.8. The molecule has 7 rings (SSSR count). The van der Waals surface area contributed by atoms with Crippen molar-refractivity contribution in [2.75, 3.05) is 64.6 Å². The average molecular weight is 528 g/mol. The van der Waals surface area contributed by atoms with Crippen LogP contribution in [0.5, 0.6) is 5.75 Å². The van der Waals surface area contributed by atoms with E-state index in [1.807, 2.05) is 18.5 Å². The number of ether oxygens (including phenoxy) is 3. The highest BCUT2D eigenvalue weighted by Crippen LogP contribution is 2.41. The minimum atomic E-state index is 0.108. The highest BCUT2D eigenvalue weighted by atomic mass is 16.5. The van der Waals surface area contributed by atoms with Gasteiger partial charge in [0.25, 0.3) is 0 Å². The summed E-state index contributed by atoms with van der Waals surface area (Å²) >= 11 is 0. The number of piperidine rings is 1. The van der Waals surface area contributed by atoms with Crippen molar-refractivity contribution in [3.63, 3.8) is 0 Å². The van der Waals surface area contributed by atoms with Crippen molar-refractivity contribution in [1.82, 2.24) is 19.4 Å². The van der Waals surface area contributed by atoms with Crippen LogP contribution in [0.1, 0.15) is 26.2 Å². The van der Waals surface area contributed by atoms with Crippen LogP contribution in [-0.2, 0) is 9.47 Å². The normalized spacial score (nSPS) is 20.3. The van der Waals surface area contributed by atoms with Crippen molar-refractivity contribution in [1.29, 1.82) is 0 Å². The summed E-state index contributed by atoms with van der Waals surface area (Å²) in [5.74, 6) is 1.72. The van der Waals surface area contributed by atoms with Crippen LogP contribution in [0.15, 0.2) is 54.9 Å². The van der Waals surface area contributed by atoms with Gasteiger partial charge in [-0.05, 0) is 49.6 Å². The van der Waals surface area contributed by atoms with Crippen LogP contribution in [0.2, 0.25) is 0 Å². The van der Waals surface area contributed by atoms with E-state index in [0.717, 1.165) is 73.0 Å². The molecule has 5 heterocycles. The second-order valence-corrected chi connectivity index (χ2v) is 11.8. The molecule has 204 valence electrons. The van der Waals surface area contributed by atoms with Crippen molar-refractivity contribution in [2.45, 2.75) is 31.7 Å². The molecule has 0 unspecified atom stereocenters. The number of pyridine rings is 1. The number of anilines is 1. The second kappa shape index (κ2) is 9.77. The fourth-order valence-corrected chi connectivity index (χ4v) is 6.43. The zero-order chi connectivity index (χ0) is 26.5. The maximum atomic E-state index is 6.07. The van der Waals surface area contributed by atoms with Gasteiger partial charge in [0.1, 0.15) is 17.9 Å². The number of hydrogen-bond donors (Lipinski definition) is 0. The van der Waals surface area contributed by atoms with Gasteiger partial charge < -0.3 is 19.1 Å². The number of hydrogen-bond acceptors (Lipinski definition) is 7. The van der Waals surface area contributed by atoms with E-state index < -0.39 is 0 Å². The lowest BCUT2D eigenvalue weighted by molar-refractivity contribution is -0.120. The molecule has 3 aliphatic rings. The molecule has 1 spiro atoms. The minimum Gasteiger partial charge on any atom is -0.493 e. The summed E-state index contributed by atoms with van der Waals surface area (Å²) in [4.78, 5) is 15.0. The molecule has 39 heavy (non-hydrogen) atoms. The van der Waals surface area contributed by atoms with E-state index in [9.17, 15) is 0 Å². The number of fused-ring (bicyclic) bond motifs is 2. The first-order chi connectivity index (χ1) is 19.1. The zero-order valence-corrected chi connectivity index (χ0v) is 22.9. The third kappa shape index (κ3) is 4.44. The van der Waals surface area contributed by atoms with E-state index in [0.29, 0.717) is 12.1 Å². The summed E-state index contributed by atoms with van der Waals surface area (Å²) in [6.07, 6.45) is 5.55. The molecule has 0 aliphatic carbocycles. The van der Waals surface area contributed by atoms with Crippen LogP contribution in [0.3, 0.4) is 0 Å². The van der Waals surface area contributed by atoms with Gasteiger partial charge in [-0.3, -0.25) is 9.47 Å². The van der Waals surface area contributed by atoms with E-state index >= 15 is 0 Å². The number of nitrogens with zero attached hydrogens (tertiary/aromatic N) is 5. The minimum absolute atomic E-state index is 0.108. The van der Waals surface area contributed by atoms with Gasteiger partial charge in [-0.2, -0.15) is 0 Å². The Morgan fingerprint density at radius 1 is 1.00 bits per heavy atom. The lowest BCUT2D eigenvalue weighted by atomic mass is 9.76. The summed E-state index contributed by atoms with van der Waals surface area (Å²) in [7, 11) is 1.79. The predicted octanol–water partition coefficient (Wildman–Crippen LogP) is 4.68. The number of aromatic nitrogens is 3. The van der Waals surface area contributed by atoms with Gasteiger partial charge in [0, 0.05) is 55.7 Å². The lowest BCUT2D eigenvalue weighted by Crippen LogP contribution is -2.64. The van der Waals surface area contributed by atoms with Gasteiger partial charge in [0.05, 0.1) is 48.7 Å². The van der Waals surface area contributed by atoms with Gasteiger partial charge >= 0.3 is 0 Å². The molecular formula is C31H37N5O3. The molecule has 0 bridgehead atoms. The summed E-state index contributed by atoms with van der Waals surface area (Å²) in [5, 5.41) is 1.16. The van der Waals surface area contributed by atoms with Gasteiger partial charge in [0.15, 0.2) is 0 Å². The average Bonchev–Trinajstić information content (AvgIpc) is 3.37. The van der Waals surface area contributed by atoms with Crippen molar-refractivity contribution in [3.8, 4) is 11.6 Å². The number of likely N-dealkylation sites (tertiary alicyclic amines) is 1. The third-order valence-electron chi connectivity index (χ3n) is 9.06. The molecule has 8 nitrogen and oxygen atoms in total. The molecule has 3 saturated heterocycles. The molecule has 2 aromatic heterocycles. The molecule has 0 saturated carbocycles. The Balaban J connectivity index is 1.12. The van der Waals surface area contributed by atoms with Crippen LogP contribution in [0.4, 0.5) is 5.69 Å². The molecule has 0 radical (unpaired) electrons. The first kappa shape index (κ1) is 24.8. The summed E-state index contributed by atoms with van der Waals surface area (Å²) < 4.78 is 18.8.